The molecule has 112 valence electrons. The van der Waals surface area contributed by atoms with Gasteiger partial charge in [-0.05, 0) is 64.0 Å². The van der Waals surface area contributed by atoms with Crippen LogP contribution in [0.15, 0.2) is 0 Å². The third-order valence-corrected chi connectivity index (χ3v) is 4.04. The summed E-state index contributed by atoms with van der Waals surface area (Å²) in [6, 6.07) is 0. The van der Waals surface area contributed by atoms with E-state index in [1.54, 1.807) is 0 Å². The first-order chi connectivity index (χ1) is 9.56. The molecule has 2 unspecified atom stereocenters. The van der Waals surface area contributed by atoms with E-state index in [4.69, 9.17) is 20.4 Å². The minimum absolute atomic E-state index is 0.0818. The fourth-order valence-corrected chi connectivity index (χ4v) is 2.62. The Morgan fingerprint density at radius 3 is 2.30 bits per heavy atom. The van der Waals surface area contributed by atoms with Crippen molar-refractivity contribution in [1.29, 1.82) is 0 Å². The standard InChI is InChI=1S/C16H27N3O/c1-5-20-15(13-6-7-13)16-18-11(3)14(12(4)19-16)8-10(2)9-17/h10,13,15H,5-9,17H2,1-4H3. The maximum Gasteiger partial charge on any atom is 0.157 e. The molecule has 0 bridgehead atoms. The molecule has 0 aliphatic heterocycles. The lowest BCUT2D eigenvalue weighted by atomic mass is 9.98. The molecule has 1 aliphatic rings. The summed E-state index contributed by atoms with van der Waals surface area (Å²) in [5.41, 5.74) is 9.14. The molecule has 1 aliphatic carbocycles. The van der Waals surface area contributed by atoms with E-state index in [2.05, 4.69) is 20.8 Å². The van der Waals surface area contributed by atoms with Gasteiger partial charge in [-0.2, -0.15) is 0 Å². The Morgan fingerprint density at radius 2 is 1.85 bits per heavy atom. The molecule has 1 saturated carbocycles. The SMILES string of the molecule is CCOC(c1nc(C)c(CC(C)CN)c(C)n1)C1CC1. The zero-order valence-corrected chi connectivity index (χ0v) is 13.1. The summed E-state index contributed by atoms with van der Waals surface area (Å²) in [4.78, 5) is 9.45. The summed E-state index contributed by atoms with van der Waals surface area (Å²) < 4.78 is 5.86. The molecule has 0 spiro atoms. The van der Waals surface area contributed by atoms with Gasteiger partial charge in [0.15, 0.2) is 5.82 Å². The first kappa shape index (κ1) is 15.4. The summed E-state index contributed by atoms with van der Waals surface area (Å²) in [5, 5.41) is 0. The van der Waals surface area contributed by atoms with Gasteiger partial charge in [0.05, 0.1) is 0 Å². The number of aryl methyl sites for hydroxylation is 2. The normalized spacial score (nSPS) is 18.1. The van der Waals surface area contributed by atoms with Gasteiger partial charge < -0.3 is 10.5 Å². The van der Waals surface area contributed by atoms with Crippen molar-refractivity contribution in [3.8, 4) is 0 Å². The zero-order chi connectivity index (χ0) is 14.7. The van der Waals surface area contributed by atoms with Gasteiger partial charge >= 0.3 is 0 Å². The van der Waals surface area contributed by atoms with Crippen molar-refractivity contribution in [1.82, 2.24) is 9.97 Å². The molecule has 4 heteroatoms. The lowest BCUT2D eigenvalue weighted by Gasteiger charge is -2.19. The minimum atomic E-state index is 0.0818. The molecular weight excluding hydrogens is 250 g/mol. The van der Waals surface area contributed by atoms with Gasteiger partial charge in [0.1, 0.15) is 6.10 Å². The Balaban J connectivity index is 2.24. The van der Waals surface area contributed by atoms with Crippen molar-refractivity contribution >= 4 is 0 Å². The fourth-order valence-electron chi connectivity index (χ4n) is 2.62. The Bertz CT molecular complexity index is 434. The predicted octanol–water partition coefficient (Wildman–Crippen LogP) is 2.72. The van der Waals surface area contributed by atoms with Gasteiger partial charge in [-0.1, -0.05) is 6.92 Å². The average Bonchev–Trinajstić information content (AvgIpc) is 3.24. The van der Waals surface area contributed by atoms with Crippen LogP contribution in [0.3, 0.4) is 0 Å². The number of hydrogen-bond acceptors (Lipinski definition) is 4. The first-order valence-corrected chi connectivity index (χ1v) is 7.72. The van der Waals surface area contributed by atoms with Gasteiger partial charge in [0.25, 0.3) is 0 Å². The summed E-state index contributed by atoms with van der Waals surface area (Å²) >= 11 is 0. The summed E-state index contributed by atoms with van der Waals surface area (Å²) in [7, 11) is 0. The monoisotopic (exact) mass is 277 g/mol. The van der Waals surface area contributed by atoms with E-state index in [-0.39, 0.29) is 6.10 Å². The van der Waals surface area contributed by atoms with E-state index in [9.17, 15) is 0 Å². The lowest BCUT2D eigenvalue weighted by Crippen LogP contribution is -2.18. The number of hydrogen-bond donors (Lipinski definition) is 1. The van der Waals surface area contributed by atoms with Crippen LogP contribution < -0.4 is 5.73 Å². The van der Waals surface area contributed by atoms with Crippen LogP contribution in [0.1, 0.15) is 55.6 Å². The molecule has 2 rings (SSSR count). The molecular formula is C16H27N3O. The maximum absolute atomic E-state index is 5.86. The molecule has 1 aromatic rings. The molecule has 0 saturated heterocycles. The van der Waals surface area contributed by atoms with Crippen molar-refractivity contribution in [3.63, 3.8) is 0 Å². The van der Waals surface area contributed by atoms with Crippen molar-refractivity contribution < 1.29 is 4.74 Å². The van der Waals surface area contributed by atoms with E-state index in [0.717, 1.165) is 23.6 Å². The van der Waals surface area contributed by atoms with Gasteiger partial charge in [-0.3, -0.25) is 0 Å². The van der Waals surface area contributed by atoms with Gasteiger partial charge in [0, 0.05) is 18.0 Å². The highest BCUT2D eigenvalue weighted by molar-refractivity contribution is 5.25. The second kappa shape index (κ2) is 6.64. The number of aromatic nitrogens is 2. The van der Waals surface area contributed by atoms with E-state index >= 15 is 0 Å². The molecule has 20 heavy (non-hydrogen) atoms. The molecule has 0 aromatic carbocycles. The zero-order valence-electron chi connectivity index (χ0n) is 13.1. The topological polar surface area (TPSA) is 61.0 Å². The van der Waals surface area contributed by atoms with Gasteiger partial charge in [-0.25, -0.2) is 9.97 Å². The number of nitrogens with zero attached hydrogens (tertiary/aromatic N) is 2. The molecule has 4 nitrogen and oxygen atoms in total. The molecule has 1 heterocycles. The van der Waals surface area contributed by atoms with Crippen LogP contribution in [0.4, 0.5) is 0 Å². The minimum Gasteiger partial charge on any atom is -0.370 e. The molecule has 2 atom stereocenters. The smallest absolute Gasteiger partial charge is 0.157 e. The lowest BCUT2D eigenvalue weighted by molar-refractivity contribution is 0.0397. The van der Waals surface area contributed by atoms with E-state index < -0.39 is 0 Å². The highest BCUT2D eigenvalue weighted by Crippen LogP contribution is 2.42. The van der Waals surface area contributed by atoms with Crippen molar-refractivity contribution in [3.05, 3.63) is 22.8 Å². The Hall–Kier alpha value is -1.00. The molecule has 0 radical (unpaired) electrons. The van der Waals surface area contributed by atoms with Crippen LogP contribution in [0.25, 0.3) is 0 Å². The molecule has 1 fully saturated rings. The average molecular weight is 277 g/mol. The van der Waals surface area contributed by atoms with E-state index in [1.165, 1.54) is 18.4 Å². The molecule has 2 N–H and O–H groups in total. The van der Waals surface area contributed by atoms with Crippen molar-refractivity contribution in [2.45, 2.75) is 53.1 Å². The van der Waals surface area contributed by atoms with E-state index in [1.807, 2.05) is 6.92 Å². The van der Waals surface area contributed by atoms with Crippen LogP contribution >= 0.6 is 0 Å². The predicted molar refractivity (Wildman–Crippen MR) is 80.5 cm³/mol. The molecule has 0 amide bonds. The quantitative estimate of drug-likeness (QED) is 0.832. The van der Waals surface area contributed by atoms with Crippen molar-refractivity contribution in [2.75, 3.05) is 13.2 Å². The number of ether oxygens (including phenoxy) is 1. The van der Waals surface area contributed by atoms with Gasteiger partial charge in [-0.15, -0.1) is 0 Å². The van der Waals surface area contributed by atoms with Gasteiger partial charge in [0.2, 0.25) is 0 Å². The van der Waals surface area contributed by atoms with Crippen LogP contribution in [0.5, 0.6) is 0 Å². The third-order valence-electron chi connectivity index (χ3n) is 4.04. The second-order valence-corrected chi connectivity index (χ2v) is 5.99. The largest absolute Gasteiger partial charge is 0.370 e. The highest BCUT2D eigenvalue weighted by Gasteiger charge is 2.35. The van der Waals surface area contributed by atoms with E-state index in [0.29, 0.717) is 25.0 Å². The maximum atomic E-state index is 5.86. The number of nitrogens with two attached hydrogens (primary N) is 1. The summed E-state index contributed by atoms with van der Waals surface area (Å²) in [6.07, 6.45) is 3.51. The van der Waals surface area contributed by atoms with Crippen LogP contribution in [-0.4, -0.2) is 23.1 Å². The summed E-state index contributed by atoms with van der Waals surface area (Å²) in [6.45, 7) is 9.77. The van der Waals surface area contributed by atoms with Crippen LogP contribution in [0.2, 0.25) is 0 Å². The van der Waals surface area contributed by atoms with Crippen LogP contribution in [-0.2, 0) is 11.2 Å². The fraction of sp³-hybridized carbons (Fsp3) is 0.750. The molecule has 1 aromatic heterocycles. The Kier molecular flexibility index (Phi) is 5.11. The third kappa shape index (κ3) is 3.55. The van der Waals surface area contributed by atoms with Crippen molar-refractivity contribution in [2.24, 2.45) is 17.6 Å². The highest BCUT2D eigenvalue weighted by atomic mass is 16.5. The Labute approximate surface area is 122 Å². The first-order valence-electron chi connectivity index (χ1n) is 7.72. The second-order valence-electron chi connectivity index (χ2n) is 5.99. The number of rotatable bonds is 7. The summed E-state index contributed by atoms with van der Waals surface area (Å²) in [5.74, 6) is 1.95. The van der Waals surface area contributed by atoms with Crippen LogP contribution in [0, 0.1) is 25.7 Å². The Morgan fingerprint density at radius 1 is 1.25 bits per heavy atom.